The molecule has 1 unspecified atom stereocenters. The average Bonchev–Trinajstić information content (AvgIpc) is 3.21. The van der Waals surface area contributed by atoms with Crippen molar-refractivity contribution in [2.75, 3.05) is 26.3 Å². The van der Waals surface area contributed by atoms with E-state index >= 15 is 0 Å². The number of carbonyl (C=O) groups is 2. The molecule has 0 bridgehead atoms. The minimum absolute atomic E-state index is 0.0917. The van der Waals surface area contributed by atoms with E-state index in [1.807, 2.05) is 30.3 Å². The van der Waals surface area contributed by atoms with E-state index in [1.54, 1.807) is 4.90 Å². The van der Waals surface area contributed by atoms with Crippen LogP contribution >= 0.6 is 0 Å². The van der Waals surface area contributed by atoms with E-state index in [0.717, 1.165) is 11.6 Å². The maximum atomic E-state index is 14.0. The first kappa shape index (κ1) is 19.1. The van der Waals surface area contributed by atoms with Crippen molar-refractivity contribution in [3.63, 3.8) is 0 Å². The third-order valence-electron chi connectivity index (χ3n) is 4.94. The molecule has 0 radical (unpaired) electrons. The van der Waals surface area contributed by atoms with Crippen molar-refractivity contribution in [1.82, 2.24) is 20.2 Å². The number of H-pyrrole nitrogens is 1. The predicted molar refractivity (Wildman–Crippen MR) is 105 cm³/mol. The number of aromatic nitrogens is 2. The van der Waals surface area contributed by atoms with E-state index in [1.165, 1.54) is 12.4 Å². The van der Waals surface area contributed by atoms with Crippen LogP contribution in [0.25, 0.3) is 11.0 Å². The topological polar surface area (TPSA) is 87.3 Å². The Balaban J connectivity index is 1.60. The van der Waals surface area contributed by atoms with Crippen molar-refractivity contribution in [3.05, 3.63) is 65.7 Å². The highest BCUT2D eigenvalue weighted by Crippen LogP contribution is 2.18. The number of carbonyl (C=O) groups excluding carboxylic acids is 2. The first-order valence-electron chi connectivity index (χ1n) is 9.46. The zero-order chi connectivity index (χ0) is 20.2. The predicted octanol–water partition coefficient (Wildman–Crippen LogP) is 1.90. The molecule has 150 valence electrons. The maximum Gasteiger partial charge on any atom is 0.254 e. The van der Waals surface area contributed by atoms with Gasteiger partial charge in [0.1, 0.15) is 17.4 Å². The summed E-state index contributed by atoms with van der Waals surface area (Å²) in [6.07, 6.45) is 1.74. The summed E-state index contributed by atoms with van der Waals surface area (Å²) in [6, 6.07) is 11.1. The summed E-state index contributed by atoms with van der Waals surface area (Å²) in [5, 5.41) is 2.80. The smallest absolute Gasteiger partial charge is 0.254 e. The van der Waals surface area contributed by atoms with E-state index in [9.17, 15) is 14.0 Å². The van der Waals surface area contributed by atoms with Crippen LogP contribution in [-0.2, 0) is 16.0 Å². The molecule has 29 heavy (non-hydrogen) atoms. The molecule has 3 aromatic rings. The highest BCUT2D eigenvalue weighted by Gasteiger charge is 2.28. The first-order chi connectivity index (χ1) is 14.1. The lowest BCUT2D eigenvalue weighted by atomic mass is 10.0. The van der Waals surface area contributed by atoms with Crippen LogP contribution in [0.2, 0.25) is 0 Å². The van der Waals surface area contributed by atoms with Crippen molar-refractivity contribution in [1.29, 1.82) is 0 Å². The number of ether oxygens (including phenoxy) is 1. The molecule has 2 heterocycles. The summed E-state index contributed by atoms with van der Waals surface area (Å²) in [5.41, 5.74) is 1.80. The Bertz CT molecular complexity index is 1020. The van der Waals surface area contributed by atoms with Crippen LogP contribution in [-0.4, -0.2) is 59.0 Å². The quantitative estimate of drug-likeness (QED) is 0.690. The molecule has 0 aliphatic carbocycles. The molecular formula is C21H21FN4O3. The van der Waals surface area contributed by atoms with E-state index < -0.39 is 17.8 Å². The fraction of sp³-hybridized carbons (Fsp3) is 0.286. The number of morpholine rings is 1. The Hall–Kier alpha value is -3.26. The number of amides is 2. The second-order valence-corrected chi connectivity index (χ2v) is 6.91. The highest BCUT2D eigenvalue weighted by atomic mass is 19.1. The van der Waals surface area contributed by atoms with Crippen LogP contribution in [0.3, 0.4) is 0 Å². The van der Waals surface area contributed by atoms with Gasteiger partial charge in [-0.3, -0.25) is 9.59 Å². The number of nitrogens with zero attached hydrogens (tertiary/aromatic N) is 2. The Morgan fingerprint density at radius 1 is 1.21 bits per heavy atom. The average molecular weight is 396 g/mol. The number of benzene rings is 2. The summed E-state index contributed by atoms with van der Waals surface area (Å²) >= 11 is 0. The summed E-state index contributed by atoms with van der Waals surface area (Å²) in [7, 11) is 0. The Labute approximate surface area is 166 Å². The molecule has 1 saturated heterocycles. The molecule has 1 atom stereocenters. The standard InChI is InChI=1S/C21H21FN4O3/c22-15-11-16(19-17(12-15)23-13-24-19)20(27)25-18(10-14-4-2-1-3-5-14)21(28)26-6-8-29-9-7-26/h1-5,11-13,18H,6-10H2,(H,23,24)(H,25,27). The summed E-state index contributed by atoms with van der Waals surface area (Å²) in [4.78, 5) is 34.7. The summed E-state index contributed by atoms with van der Waals surface area (Å²) in [5.74, 6) is -1.27. The van der Waals surface area contributed by atoms with E-state index in [2.05, 4.69) is 15.3 Å². The molecular weight excluding hydrogens is 375 g/mol. The number of hydrogen-bond acceptors (Lipinski definition) is 4. The minimum atomic E-state index is -0.778. The number of halogens is 1. The number of rotatable bonds is 5. The van der Waals surface area contributed by atoms with E-state index in [0.29, 0.717) is 43.8 Å². The molecule has 4 rings (SSSR count). The van der Waals surface area contributed by atoms with Crippen molar-refractivity contribution >= 4 is 22.8 Å². The second-order valence-electron chi connectivity index (χ2n) is 6.91. The van der Waals surface area contributed by atoms with Crippen molar-refractivity contribution < 1.29 is 18.7 Å². The molecule has 2 N–H and O–H groups in total. The Morgan fingerprint density at radius 2 is 1.97 bits per heavy atom. The van der Waals surface area contributed by atoms with Gasteiger partial charge in [0.25, 0.3) is 5.91 Å². The molecule has 7 nitrogen and oxygen atoms in total. The van der Waals surface area contributed by atoms with Crippen molar-refractivity contribution in [3.8, 4) is 0 Å². The van der Waals surface area contributed by atoms with Gasteiger partial charge in [0.15, 0.2) is 0 Å². The Kier molecular flexibility index (Phi) is 5.53. The molecule has 8 heteroatoms. The fourth-order valence-electron chi connectivity index (χ4n) is 3.48. The minimum Gasteiger partial charge on any atom is -0.378 e. The van der Waals surface area contributed by atoms with Gasteiger partial charge in [-0.1, -0.05) is 30.3 Å². The summed E-state index contributed by atoms with van der Waals surface area (Å²) in [6.45, 7) is 1.89. The van der Waals surface area contributed by atoms with E-state index in [4.69, 9.17) is 4.74 Å². The maximum absolute atomic E-state index is 14.0. The molecule has 2 amide bonds. The normalized spacial score (nSPS) is 15.3. The fourth-order valence-corrected chi connectivity index (χ4v) is 3.48. The highest BCUT2D eigenvalue weighted by molar-refractivity contribution is 6.06. The van der Waals surface area contributed by atoms with E-state index in [-0.39, 0.29) is 11.5 Å². The molecule has 0 spiro atoms. The van der Waals surface area contributed by atoms with Gasteiger partial charge in [-0.05, 0) is 17.7 Å². The molecule has 2 aromatic carbocycles. The first-order valence-corrected chi connectivity index (χ1v) is 9.46. The molecule has 1 fully saturated rings. The van der Waals surface area contributed by atoms with Gasteiger partial charge < -0.3 is 19.9 Å². The van der Waals surface area contributed by atoms with Gasteiger partial charge in [-0.15, -0.1) is 0 Å². The third-order valence-corrected chi connectivity index (χ3v) is 4.94. The number of hydrogen-bond donors (Lipinski definition) is 2. The molecule has 0 saturated carbocycles. The number of nitrogens with one attached hydrogen (secondary N) is 2. The Morgan fingerprint density at radius 3 is 2.72 bits per heavy atom. The van der Waals surface area contributed by atoms with Crippen molar-refractivity contribution in [2.45, 2.75) is 12.5 Å². The van der Waals surface area contributed by atoms with Crippen LogP contribution < -0.4 is 5.32 Å². The van der Waals surface area contributed by atoms with Gasteiger partial charge in [-0.25, -0.2) is 9.37 Å². The lowest BCUT2D eigenvalue weighted by Gasteiger charge is -2.31. The van der Waals surface area contributed by atoms with Crippen molar-refractivity contribution in [2.24, 2.45) is 0 Å². The van der Waals surface area contributed by atoms with Crippen LogP contribution in [0.1, 0.15) is 15.9 Å². The third kappa shape index (κ3) is 4.27. The zero-order valence-electron chi connectivity index (χ0n) is 15.7. The molecule has 1 aliphatic heterocycles. The van der Waals surface area contributed by atoms with Gasteiger partial charge in [0.2, 0.25) is 5.91 Å². The van der Waals surface area contributed by atoms with Crippen LogP contribution in [0, 0.1) is 5.82 Å². The number of imidazole rings is 1. The SMILES string of the molecule is O=C(NC(Cc1ccccc1)C(=O)N1CCOCC1)c1cc(F)cc2[nH]cnc12. The molecule has 1 aliphatic rings. The monoisotopic (exact) mass is 396 g/mol. The van der Waals surface area contributed by atoms with Gasteiger partial charge in [-0.2, -0.15) is 0 Å². The summed E-state index contributed by atoms with van der Waals surface area (Å²) < 4.78 is 19.3. The largest absolute Gasteiger partial charge is 0.378 e. The van der Waals surface area contributed by atoms with Crippen LogP contribution in [0.15, 0.2) is 48.8 Å². The van der Waals surface area contributed by atoms with Crippen LogP contribution in [0.4, 0.5) is 4.39 Å². The van der Waals surface area contributed by atoms with Crippen LogP contribution in [0.5, 0.6) is 0 Å². The van der Waals surface area contributed by atoms with Gasteiger partial charge in [0, 0.05) is 19.5 Å². The zero-order valence-corrected chi connectivity index (χ0v) is 15.7. The lowest BCUT2D eigenvalue weighted by molar-refractivity contribution is -0.137. The number of aromatic amines is 1. The van der Waals surface area contributed by atoms with Gasteiger partial charge in [0.05, 0.1) is 30.6 Å². The second kappa shape index (κ2) is 8.40. The number of fused-ring (bicyclic) bond motifs is 1. The lowest BCUT2D eigenvalue weighted by Crippen LogP contribution is -2.52. The van der Waals surface area contributed by atoms with Gasteiger partial charge >= 0.3 is 0 Å². The molecule has 1 aromatic heterocycles.